The molecule has 3 heterocycles. The number of nitrogens with one attached hydrogen (secondary N) is 2. The lowest BCUT2D eigenvalue weighted by Crippen LogP contribution is -1.97. The molecule has 0 aliphatic rings. The van der Waals surface area contributed by atoms with Crippen LogP contribution in [0.5, 0.6) is 0 Å². The van der Waals surface area contributed by atoms with Gasteiger partial charge in [-0.1, -0.05) is 32.0 Å². The van der Waals surface area contributed by atoms with E-state index in [1.807, 2.05) is 44.2 Å². The zero-order valence-electron chi connectivity index (χ0n) is 12.8. The van der Waals surface area contributed by atoms with Crippen molar-refractivity contribution in [3.8, 4) is 11.4 Å². The van der Waals surface area contributed by atoms with Gasteiger partial charge in [0.25, 0.3) is 0 Å². The summed E-state index contributed by atoms with van der Waals surface area (Å²) in [6, 6.07) is 11.1. The van der Waals surface area contributed by atoms with Crippen molar-refractivity contribution >= 4 is 27.9 Å². The highest BCUT2D eigenvalue weighted by molar-refractivity contribution is 6.03. The summed E-state index contributed by atoms with van der Waals surface area (Å²) < 4.78 is 0. The lowest BCUT2D eigenvalue weighted by molar-refractivity contribution is 0.0699. The van der Waals surface area contributed by atoms with E-state index in [1.54, 1.807) is 0 Å². The van der Waals surface area contributed by atoms with Crippen LogP contribution in [-0.4, -0.2) is 31.2 Å². The Balaban J connectivity index is 0.000000753. The second-order valence-electron chi connectivity index (χ2n) is 4.72. The topological polar surface area (TPSA) is 94.7 Å². The number of hydrogen-bond donors (Lipinski definition) is 3. The fourth-order valence-corrected chi connectivity index (χ4v) is 2.50. The van der Waals surface area contributed by atoms with Crippen LogP contribution in [0.2, 0.25) is 0 Å². The molecule has 23 heavy (non-hydrogen) atoms. The number of H-pyrrole nitrogens is 2. The summed E-state index contributed by atoms with van der Waals surface area (Å²) in [6.45, 7) is 4.00. The molecular weight excluding hydrogens is 292 g/mol. The average Bonchev–Trinajstić information content (AvgIpc) is 3.19. The van der Waals surface area contributed by atoms with E-state index in [0.717, 1.165) is 22.3 Å². The van der Waals surface area contributed by atoms with Crippen molar-refractivity contribution < 1.29 is 9.90 Å². The maximum atomic E-state index is 11.3. The molecule has 4 rings (SSSR count). The molecule has 6 nitrogen and oxygen atoms in total. The van der Waals surface area contributed by atoms with Gasteiger partial charge in [-0.15, -0.1) is 0 Å². The molecule has 0 fully saturated rings. The molecule has 0 bridgehead atoms. The number of benzene rings is 1. The normalized spacial score (nSPS) is 10.5. The minimum Gasteiger partial charge on any atom is -0.478 e. The first-order chi connectivity index (χ1) is 11.2. The van der Waals surface area contributed by atoms with Crippen molar-refractivity contribution in [1.82, 2.24) is 20.2 Å². The molecule has 116 valence electrons. The molecule has 6 heteroatoms. The lowest BCUT2D eigenvalue weighted by atomic mass is 10.2. The van der Waals surface area contributed by atoms with Gasteiger partial charge in [0, 0.05) is 11.6 Å². The van der Waals surface area contributed by atoms with Crippen LogP contribution < -0.4 is 0 Å². The number of hydrogen-bond acceptors (Lipinski definition) is 3. The lowest BCUT2D eigenvalue weighted by Gasteiger charge is -1.95. The number of carboxylic acid groups (broad SMARTS) is 1. The Bertz CT molecular complexity index is 985. The van der Waals surface area contributed by atoms with Crippen LogP contribution in [0.4, 0.5) is 0 Å². The van der Waals surface area contributed by atoms with Crippen LogP contribution in [0.3, 0.4) is 0 Å². The average molecular weight is 308 g/mol. The van der Waals surface area contributed by atoms with Crippen LogP contribution >= 0.6 is 0 Å². The Morgan fingerprint density at radius 2 is 1.96 bits per heavy atom. The van der Waals surface area contributed by atoms with Crippen molar-refractivity contribution in [2.45, 2.75) is 13.8 Å². The molecule has 0 unspecified atom stereocenters. The fraction of sp³-hybridized carbons (Fsp3) is 0.118. The molecule has 0 aliphatic heterocycles. The summed E-state index contributed by atoms with van der Waals surface area (Å²) in [5.74, 6) is -0.984. The number of pyridine rings is 1. The molecule has 0 saturated heterocycles. The number of fused-ring (bicyclic) bond motifs is 2. The molecule has 0 spiro atoms. The summed E-state index contributed by atoms with van der Waals surface area (Å²) in [6.07, 6.45) is 1.49. The highest BCUT2D eigenvalue weighted by Gasteiger charge is 2.15. The number of rotatable bonds is 2. The summed E-state index contributed by atoms with van der Waals surface area (Å²) in [7, 11) is 0. The second kappa shape index (κ2) is 5.92. The quantitative estimate of drug-likeness (QED) is 0.524. The minimum atomic E-state index is -0.984. The molecule has 0 saturated carbocycles. The van der Waals surface area contributed by atoms with Gasteiger partial charge < -0.3 is 10.1 Å². The van der Waals surface area contributed by atoms with Gasteiger partial charge in [0.2, 0.25) is 0 Å². The largest absolute Gasteiger partial charge is 0.478 e. The SMILES string of the molecule is CC.O=C(O)c1ccnc2cc(-c3n[nH]c4ccccc34)[nH]c12. The predicted molar refractivity (Wildman–Crippen MR) is 89.5 cm³/mol. The first-order valence-electron chi connectivity index (χ1n) is 7.38. The van der Waals surface area contributed by atoms with Crippen LogP contribution in [0, 0.1) is 0 Å². The number of aromatic amines is 2. The van der Waals surface area contributed by atoms with Crippen LogP contribution in [0.15, 0.2) is 42.6 Å². The smallest absolute Gasteiger partial charge is 0.337 e. The molecule has 0 aliphatic carbocycles. The third-order valence-corrected chi connectivity index (χ3v) is 3.48. The van der Waals surface area contributed by atoms with Gasteiger partial charge in [-0.25, -0.2) is 4.79 Å². The van der Waals surface area contributed by atoms with E-state index in [1.165, 1.54) is 12.3 Å². The third kappa shape index (κ3) is 2.44. The number of para-hydroxylation sites is 1. The molecule has 3 aromatic heterocycles. The van der Waals surface area contributed by atoms with Crippen molar-refractivity contribution in [3.63, 3.8) is 0 Å². The summed E-state index contributed by atoms with van der Waals surface area (Å²) in [5.41, 5.74) is 3.73. The highest BCUT2D eigenvalue weighted by atomic mass is 16.4. The molecule has 0 radical (unpaired) electrons. The zero-order valence-corrected chi connectivity index (χ0v) is 12.8. The maximum Gasteiger partial charge on any atom is 0.337 e. The number of carboxylic acids is 1. The van der Waals surface area contributed by atoms with E-state index in [0.29, 0.717) is 11.0 Å². The number of carbonyl (C=O) groups is 1. The second-order valence-corrected chi connectivity index (χ2v) is 4.72. The van der Waals surface area contributed by atoms with E-state index >= 15 is 0 Å². The summed E-state index contributed by atoms with van der Waals surface area (Å²) >= 11 is 0. The first-order valence-corrected chi connectivity index (χ1v) is 7.38. The Hall–Kier alpha value is -3.15. The zero-order chi connectivity index (χ0) is 16.4. The molecular formula is C17H16N4O2. The highest BCUT2D eigenvalue weighted by Crippen LogP contribution is 2.28. The van der Waals surface area contributed by atoms with Crippen LogP contribution in [-0.2, 0) is 0 Å². The van der Waals surface area contributed by atoms with Gasteiger partial charge in [0.1, 0.15) is 5.69 Å². The first kappa shape index (κ1) is 14.8. The van der Waals surface area contributed by atoms with Gasteiger partial charge in [-0.3, -0.25) is 10.1 Å². The fourth-order valence-electron chi connectivity index (χ4n) is 2.50. The van der Waals surface area contributed by atoms with Gasteiger partial charge in [0.15, 0.2) is 0 Å². The molecule has 1 aromatic carbocycles. The van der Waals surface area contributed by atoms with Crippen molar-refractivity contribution in [2.75, 3.05) is 0 Å². The van der Waals surface area contributed by atoms with Gasteiger partial charge >= 0.3 is 5.97 Å². The minimum absolute atomic E-state index is 0.200. The van der Waals surface area contributed by atoms with E-state index in [9.17, 15) is 9.90 Å². The van der Waals surface area contributed by atoms with Crippen LogP contribution in [0.25, 0.3) is 33.3 Å². The van der Waals surface area contributed by atoms with Gasteiger partial charge in [-0.05, 0) is 18.2 Å². The Kier molecular flexibility index (Phi) is 3.80. The number of aromatic carboxylic acids is 1. The van der Waals surface area contributed by atoms with Crippen molar-refractivity contribution in [2.24, 2.45) is 0 Å². The van der Waals surface area contributed by atoms with Gasteiger partial charge in [0.05, 0.1) is 27.8 Å². The molecule has 4 aromatic rings. The predicted octanol–water partition coefficient (Wildman–Crippen LogP) is 3.83. The molecule has 0 atom stereocenters. The van der Waals surface area contributed by atoms with E-state index in [-0.39, 0.29) is 5.56 Å². The molecule has 3 N–H and O–H groups in total. The van der Waals surface area contributed by atoms with Crippen LogP contribution in [0.1, 0.15) is 24.2 Å². The Labute approximate surface area is 132 Å². The summed E-state index contributed by atoms with van der Waals surface area (Å²) in [4.78, 5) is 18.6. The third-order valence-electron chi connectivity index (χ3n) is 3.48. The number of aromatic nitrogens is 4. The van der Waals surface area contributed by atoms with E-state index in [4.69, 9.17) is 0 Å². The summed E-state index contributed by atoms with van der Waals surface area (Å²) in [5, 5.41) is 17.5. The monoisotopic (exact) mass is 308 g/mol. The standard InChI is InChI=1S/C15H10N4O2.C2H6/c20-15(21)9-5-6-16-11-7-12(17-13(9)11)14-8-3-1-2-4-10(8)18-19-14;1-2/h1-7,17H,(H,18,19)(H,20,21);1-2H3. The van der Waals surface area contributed by atoms with E-state index in [2.05, 4.69) is 20.2 Å². The number of nitrogens with zero attached hydrogens (tertiary/aromatic N) is 2. The van der Waals surface area contributed by atoms with Crippen molar-refractivity contribution in [1.29, 1.82) is 0 Å². The van der Waals surface area contributed by atoms with Crippen molar-refractivity contribution in [3.05, 3.63) is 48.2 Å². The Morgan fingerprint density at radius 1 is 1.17 bits per heavy atom. The van der Waals surface area contributed by atoms with E-state index < -0.39 is 5.97 Å². The van der Waals surface area contributed by atoms with Gasteiger partial charge in [-0.2, -0.15) is 5.10 Å². The molecule has 0 amide bonds. The Morgan fingerprint density at radius 3 is 2.74 bits per heavy atom. The maximum absolute atomic E-state index is 11.3.